The lowest BCUT2D eigenvalue weighted by molar-refractivity contribution is -0.156. The molecule has 1 unspecified atom stereocenters. The number of halogens is 1. The Morgan fingerprint density at radius 2 is 1.93 bits per heavy atom. The molecule has 3 aromatic rings. The van der Waals surface area contributed by atoms with Gasteiger partial charge in [0.2, 0.25) is 18.1 Å². The maximum absolute atomic E-state index is 13.6. The van der Waals surface area contributed by atoms with Crippen LogP contribution < -0.4 is 5.32 Å². The minimum absolute atomic E-state index is 0.195. The van der Waals surface area contributed by atoms with Gasteiger partial charge in [-0.15, -0.1) is 0 Å². The number of hydrogen-bond donors (Lipinski definition) is 1. The van der Waals surface area contributed by atoms with Gasteiger partial charge in [-0.2, -0.15) is 0 Å². The summed E-state index contributed by atoms with van der Waals surface area (Å²) in [4.78, 5) is 50.5. The Morgan fingerprint density at radius 1 is 1.17 bits per heavy atom. The molecule has 0 saturated carbocycles. The van der Waals surface area contributed by atoms with Crippen LogP contribution in [0.25, 0.3) is 11.3 Å². The van der Waals surface area contributed by atoms with Gasteiger partial charge < -0.3 is 19.7 Å². The van der Waals surface area contributed by atoms with Crippen LogP contribution in [0.1, 0.15) is 47.5 Å². The van der Waals surface area contributed by atoms with Crippen molar-refractivity contribution in [3.8, 4) is 11.3 Å². The van der Waals surface area contributed by atoms with E-state index in [4.69, 9.17) is 21.1 Å². The van der Waals surface area contributed by atoms with Crippen molar-refractivity contribution >= 4 is 35.3 Å². The predicted molar refractivity (Wildman–Crippen MR) is 153 cm³/mol. The SMILES string of the molecule is CC(=O)OC1c2ccc(-c3nc(NC4CCOCC4)ncc3Cl)cc2C(=O)N1CC(=O)N(C)CCc1ccccc1. The van der Waals surface area contributed by atoms with Gasteiger partial charge >= 0.3 is 5.97 Å². The van der Waals surface area contributed by atoms with Gasteiger partial charge in [0.15, 0.2) is 0 Å². The first-order valence-electron chi connectivity index (χ1n) is 13.6. The molecule has 2 aliphatic heterocycles. The molecule has 1 fully saturated rings. The van der Waals surface area contributed by atoms with E-state index in [-0.39, 0.29) is 18.5 Å². The summed E-state index contributed by atoms with van der Waals surface area (Å²) in [7, 11) is 1.70. The Bertz CT molecular complexity index is 1430. The van der Waals surface area contributed by atoms with Crippen LogP contribution in [0.15, 0.2) is 54.7 Å². The van der Waals surface area contributed by atoms with Gasteiger partial charge in [-0.3, -0.25) is 19.3 Å². The molecule has 3 heterocycles. The van der Waals surface area contributed by atoms with Gasteiger partial charge in [0.25, 0.3) is 5.91 Å². The second-order valence-corrected chi connectivity index (χ2v) is 10.6. The molecule has 1 atom stereocenters. The highest BCUT2D eigenvalue weighted by Crippen LogP contribution is 2.38. The van der Waals surface area contributed by atoms with Gasteiger partial charge in [-0.25, -0.2) is 9.97 Å². The van der Waals surface area contributed by atoms with Crippen LogP contribution in [0.2, 0.25) is 5.02 Å². The molecule has 2 aliphatic rings. The number of rotatable bonds is 9. The number of likely N-dealkylation sites (N-methyl/N-ethyl adjacent to an activating group) is 1. The lowest BCUT2D eigenvalue weighted by Gasteiger charge is -2.26. The van der Waals surface area contributed by atoms with Crippen molar-refractivity contribution in [2.45, 2.75) is 38.5 Å². The molecular formula is C30H32ClN5O5. The van der Waals surface area contributed by atoms with Crippen LogP contribution in [0.4, 0.5) is 5.95 Å². The monoisotopic (exact) mass is 577 g/mol. The smallest absolute Gasteiger partial charge is 0.304 e. The Kier molecular flexibility index (Phi) is 8.80. The number of fused-ring (bicyclic) bond motifs is 1. The topological polar surface area (TPSA) is 114 Å². The van der Waals surface area contributed by atoms with Crippen molar-refractivity contribution in [1.29, 1.82) is 0 Å². The molecule has 2 amide bonds. The van der Waals surface area contributed by atoms with E-state index in [0.717, 1.165) is 18.4 Å². The van der Waals surface area contributed by atoms with Crippen molar-refractivity contribution in [3.05, 3.63) is 76.4 Å². The summed E-state index contributed by atoms with van der Waals surface area (Å²) in [5.41, 5.74) is 3.00. The molecule has 0 aliphatic carbocycles. The maximum atomic E-state index is 13.6. The number of ether oxygens (including phenoxy) is 2. The maximum Gasteiger partial charge on any atom is 0.304 e. The molecule has 214 valence electrons. The molecule has 5 rings (SSSR count). The lowest BCUT2D eigenvalue weighted by atomic mass is 10.0. The lowest BCUT2D eigenvalue weighted by Crippen LogP contribution is -2.41. The third-order valence-corrected chi connectivity index (χ3v) is 7.53. The fourth-order valence-corrected chi connectivity index (χ4v) is 5.17. The van der Waals surface area contributed by atoms with E-state index in [1.54, 1.807) is 30.1 Å². The van der Waals surface area contributed by atoms with Gasteiger partial charge in [0.05, 0.1) is 16.9 Å². The molecule has 2 aromatic carbocycles. The molecule has 1 aromatic heterocycles. The predicted octanol–water partition coefficient (Wildman–Crippen LogP) is 4.11. The van der Waals surface area contributed by atoms with E-state index in [1.807, 2.05) is 30.3 Å². The fourth-order valence-electron chi connectivity index (χ4n) is 4.97. The average molecular weight is 578 g/mol. The quantitative estimate of drug-likeness (QED) is 0.378. The Morgan fingerprint density at radius 3 is 2.66 bits per heavy atom. The molecule has 1 saturated heterocycles. The number of carbonyl (C=O) groups excluding carboxylic acids is 3. The number of hydrogen-bond acceptors (Lipinski definition) is 8. The molecular weight excluding hydrogens is 546 g/mol. The largest absolute Gasteiger partial charge is 0.437 e. The highest BCUT2D eigenvalue weighted by atomic mass is 35.5. The number of anilines is 1. The molecule has 41 heavy (non-hydrogen) atoms. The molecule has 1 N–H and O–H groups in total. The van der Waals surface area contributed by atoms with E-state index >= 15 is 0 Å². The van der Waals surface area contributed by atoms with Crippen molar-refractivity contribution in [1.82, 2.24) is 19.8 Å². The second kappa shape index (κ2) is 12.7. The number of benzene rings is 2. The van der Waals surface area contributed by atoms with E-state index in [0.29, 0.717) is 59.5 Å². The van der Waals surface area contributed by atoms with Gasteiger partial charge in [-0.1, -0.05) is 54.1 Å². The van der Waals surface area contributed by atoms with Crippen molar-refractivity contribution in [3.63, 3.8) is 0 Å². The van der Waals surface area contributed by atoms with Crippen molar-refractivity contribution in [2.24, 2.45) is 0 Å². The number of amides is 2. The number of aromatic nitrogens is 2. The van der Waals surface area contributed by atoms with Gasteiger partial charge in [0.1, 0.15) is 6.54 Å². The number of carbonyl (C=O) groups is 3. The minimum atomic E-state index is -1.01. The van der Waals surface area contributed by atoms with Crippen molar-refractivity contribution < 1.29 is 23.9 Å². The number of nitrogens with zero attached hydrogens (tertiary/aromatic N) is 4. The first-order chi connectivity index (χ1) is 19.8. The molecule has 0 bridgehead atoms. The normalized spacial score (nSPS) is 16.8. The minimum Gasteiger partial charge on any atom is -0.437 e. The number of esters is 1. The zero-order valence-corrected chi connectivity index (χ0v) is 23.8. The van der Waals surface area contributed by atoms with Gasteiger partial charge in [0, 0.05) is 56.5 Å². The van der Waals surface area contributed by atoms with Crippen LogP contribution in [-0.2, 0) is 25.5 Å². The van der Waals surface area contributed by atoms with E-state index in [2.05, 4.69) is 15.3 Å². The molecule has 0 spiro atoms. The Hall–Kier alpha value is -4.02. The standard InChI is InChI=1S/C30H32ClN5O5/c1-19(37)41-29-23-9-8-21(27-25(31)17-32-30(34-27)33-22-11-14-40-15-12-22)16-24(23)28(39)36(29)18-26(38)35(2)13-10-20-6-4-3-5-7-20/h3-9,16-17,22,29H,10-15,18H2,1-2H3,(H,32,33,34). The van der Waals surface area contributed by atoms with E-state index in [1.165, 1.54) is 18.0 Å². The summed E-state index contributed by atoms with van der Waals surface area (Å²) in [5.74, 6) is -0.797. The second-order valence-electron chi connectivity index (χ2n) is 10.2. The van der Waals surface area contributed by atoms with Crippen LogP contribution in [0, 0.1) is 0 Å². The summed E-state index contributed by atoms with van der Waals surface area (Å²) in [6, 6.07) is 15.2. The van der Waals surface area contributed by atoms with Crippen LogP contribution in [0.5, 0.6) is 0 Å². The summed E-state index contributed by atoms with van der Waals surface area (Å²) in [6.45, 7) is 2.87. The zero-order chi connectivity index (χ0) is 28.9. The third kappa shape index (κ3) is 6.66. The Balaban J connectivity index is 1.35. The third-order valence-electron chi connectivity index (χ3n) is 7.25. The van der Waals surface area contributed by atoms with E-state index < -0.39 is 18.1 Å². The fraction of sp³-hybridized carbons (Fsp3) is 0.367. The summed E-state index contributed by atoms with van der Waals surface area (Å²) in [6.07, 6.45) is 2.89. The van der Waals surface area contributed by atoms with Crippen LogP contribution >= 0.6 is 11.6 Å². The molecule has 0 radical (unpaired) electrons. The van der Waals surface area contributed by atoms with Gasteiger partial charge in [-0.05, 0) is 30.9 Å². The Labute approximate surface area is 243 Å². The summed E-state index contributed by atoms with van der Waals surface area (Å²) >= 11 is 6.48. The molecule has 11 heteroatoms. The number of nitrogens with one attached hydrogen (secondary N) is 1. The summed E-state index contributed by atoms with van der Waals surface area (Å²) in [5, 5.41) is 3.66. The van der Waals surface area contributed by atoms with Crippen LogP contribution in [-0.4, -0.2) is 76.9 Å². The average Bonchev–Trinajstić information content (AvgIpc) is 3.23. The van der Waals surface area contributed by atoms with E-state index in [9.17, 15) is 14.4 Å². The first kappa shape index (κ1) is 28.5. The highest BCUT2D eigenvalue weighted by Gasteiger charge is 2.40. The zero-order valence-electron chi connectivity index (χ0n) is 23.0. The van der Waals surface area contributed by atoms with Crippen molar-refractivity contribution in [2.75, 3.05) is 38.7 Å². The molecule has 10 nitrogen and oxygen atoms in total. The first-order valence-corrected chi connectivity index (χ1v) is 13.9. The summed E-state index contributed by atoms with van der Waals surface area (Å²) < 4.78 is 10.9. The highest BCUT2D eigenvalue weighted by molar-refractivity contribution is 6.33. The van der Waals surface area contributed by atoms with Crippen LogP contribution in [0.3, 0.4) is 0 Å².